The lowest BCUT2D eigenvalue weighted by molar-refractivity contribution is -0.205. The third-order valence-corrected chi connectivity index (χ3v) is 8.43. The van der Waals surface area contributed by atoms with Gasteiger partial charge in [-0.1, -0.05) is 66.7 Å². The number of rotatable bonds is 8. The molecule has 42 heavy (non-hydrogen) atoms. The van der Waals surface area contributed by atoms with Crippen LogP contribution in [0.4, 0.5) is 13.2 Å². The molecule has 0 spiro atoms. The highest BCUT2D eigenvalue weighted by atomic mass is 32.3. The van der Waals surface area contributed by atoms with Crippen LogP contribution >= 0.6 is 10.8 Å². The summed E-state index contributed by atoms with van der Waals surface area (Å²) in [6.07, 6.45) is -7.18. The zero-order valence-electron chi connectivity index (χ0n) is 21.7. The van der Waals surface area contributed by atoms with Crippen molar-refractivity contribution in [2.24, 2.45) is 0 Å². The van der Waals surface area contributed by atoms with Gasteiger partial charge in [0.2, 0.25) is 12.0 Å². The molecule has 5 rings (SSSR count). The van der Waals surface area contributed by atoms with Gasteiger partial charge in [0.25, 0.3) is 5.91 Å². The van der Waals surface area contributed by atoms with Gasteiger partial charge in [0.15, 0.2) is 0 Å². The third-order valence-electron chi connectivity index (χ3n) is 6.67. The number of para-hydroxylation sites is 2. The molecule has 5 N–H and O–H groups in total. The number of nitrogens with one attached hydrogen (secondary N) is 3. The number of carbonyl (C=O) groups excluding carboxylic acids is 3. The Kier molecular flexibility index (Phi) is 7.95. The Morgan fingerprint density at radius 3 is 2.31 bits per heavy atom. The number of amides is 2. The highest BCUT2D eigenvalue weighted by Crippen LogP contribution is 2.56. The molecule has 220 valence electrons. The number of hydrogen-bond acceptors (Lipinski definition) is 7. The van der Waals surface area contributed by atoms with Crippen molar-refractivity contribution in [2.75, 3.05) is 0 Å². The van der Waals surface area contributed by atoms with E-state index in [-0.39, 0.29) is 18.4 Å². The molecule has 14 heteroatoms. The maximum atomic E-state index is 13.4. The van der Waals surface area contributed by atoms with E-state index in [1.54, 1.807) is 54.6 Å². The molecule has 1 aliphatic rings. The van der Waals surface area contributed by atoms with Crippen LogP contribution in [-0.4, -0.2) is 43.0 Å². The van der Waals surface area contributed by atoms with Crippen molar-refractivity contribution in [2.45, 2.75) is 36.4 Å². The molecule has 2 unspecified atom stereocenters. The molecule has 2 heterocycles. The van der Waals surface area contributed by atoms with Crippen molar-refractivity contribution in [3.8, 4) is 0 Å². The SMILES string of the molecule is O=C1CC(c2ccc(C[C@H](NC(=O)C(OC(=O)C(F)(F)F)c3ccccc3)c3nc4ccccc4[nH]3)cc2)S(O)(O)N1. The minimum Gasteiger partial charge on any atom is -0.441 e. The topological polar surface area (TPSA) is 154 Å². The summed E-state index contributed by atoms with van der Waals surface area (Å²) < 4.78 is 66.4. The first kappa shape index (κ1) is 29.1. The van der Waals surface area contributed by atoms with Gasteiger partial charge in [0, 0.05) is 5.56 Å². The number of imidazole rings is 1. The number of carbonyl (C=O) groups is 3. The number of fused-ring (bicyclic) bond motifs is 1. The lowest BCUT2D eigenvalue weighted by Crippen LogP contribution is -2.38. The molecular formula is C28H25F3N4O6S. The Hall–Kier alpha value is -4.40. The van der Waals surface area contributed by atoms with Crippen LogP contribution in [0.1, 0.15) is 46.3 Å². The maximum Gasteiger partial charge on any atom is 0.490 e. The average Bonchev–Trinajstić information content (AvgIpc) is 3.50. The standard InChI is InChI=1S/C28H25F3N4O6S/c29-28(30,31)27(38)41-24(18-6-2-1-3-7-18)26(37)34-21(25-32-19-8-4-5-9-20(19)33-25)14-16-10-12-17(13-11-16)22-15-23(36)35-42(22,39)40/h1-13,21-22,24,39-40H,14-15H2,(H,32,33)(H,34,37)(H,35,36)/t21-,22?,24?/m0/s1. The summed E-state index contributed by atoms with van der Waals surface area (Å²) in [5.74, 6) is -3.67. The average molecular weight is 603 g/mol. The maximum absolute atomic E-state index is 13.4. The molecule has 3 atom stereocenters. The molecular weight excluding hydrogens is 577 g/mol. The zero-order chi connectivity index (χ0) is 30.1. The predicted octanol–water partition coefficient (Wildman–Crippen LogP) is 5.04. The van der Waals surface area contributed by atoms with Gasteiger partial charge in [-0.05, 0) is 29.7 Å². The summed E-state index contributed by atoms with van der Waals surface area (Å²) in [6, 6.07) is 20.1. The summed E-state index contributed by atoms with van der Waals surface area (Å²) in [5.41, 5.74) is 2.47. The fourth-order valence-corrected chi connectivity index (χ4v) is 6.13. The van der Waals surface area contributed by atoms with Crippen LogP contribution in [0.3, 0.4) is 0 Å². The first-order valence-corrected chi connectivity index (χ1v) is 14.3. The fourth-order valence-electron chi connectivity index (χ4n) is 4.65. The van der Waals surface area contributed by atoms with Crippen LogP contribution in [-0.2, 0) is 25.5 Å². The molecule has 0 aliphatic carbocycles. The van der Waals surface area contributed by atoms with E-state index in [0.29, 0.717) is 28.0 Å². The van der Waals surface area contributed by atoms with Crippen molar-refractivity contribution < 1.29 is 41.4 Å². The molecule has 0 saturated carbocycles. The van der Waals surface area contributed by atoms with Crippen molar-refractivity contribution in [3.63, 3.8) is 0 Å². The Morgan fingerprint density at radius 2 is 1.69 bits per heavy atom. The lowest BCUT2D eigenvalue weighted by Gasteiger charge is -2.32. The molecule has 10 nitrogen and oxygen atoms in total. The van der Waals surface area contributed by atoms with E-state index in [1.165, 1.54) is 24.3 Å². The number of aromatic amines is 1. The Bertz CT molecular complexity index is 1580. The van der Waals surface area contributed by atoms with Crippen LogP contribution in [0.15, 0.2) is 78.9 Å². The van der Waals surface area contributed by atoms with Gasteiger partial charge in [-0.3, -0.25) is 23.4 Å². The van der Waals surface area contributed by atoms with Crippen LogP contribution in [0.25, 0.3) is 11.0 Å². The zero-order valence-corrected chi connectivity index (χ0v) is 22.5. The van der Waals surface area contributed by atoms with Gasteiger partial charge in [-0.15, -0.1) is 10.8 Å². The van der Waals surface area contributed by atoms with E-state index in [2.05, 4.69) is 24.7 Å². The van der Waals surface area contributed by atoms with Crippen molar-refractivity contribution in [3.05, 3.63) is 101 Å². The van der Waals surface area contributed by atoms with Gasteiger partial charge >= 0.3 is 12.1 Å². The summed E-state index contributed by atoms with van der Waals surface area (Å²) in [6.45, 7) is 0. The normalized spacial score (nSPS) is 18.6. The van der Waals surface area contributed by atoms with Crippen molar-refractivity contribution in [1.82, 2.24) is 20.0 Å². The van der Waals surface area contributed by atoms with Gasteiger partial charge < -0.3 is 15.0 Å². The van der Waals surface area contributed by atoms with E-state index in [1.807, 2.05) is 0 Å². The number of halogens is 3. The van der Waals surface area contributed by atoms with E-state index < -0.39 is 52.1 Å². The third kappa shape index (κ3) is 6.40. The molecule has 1 aliphatic heterocycles. The Balaban J connectivity index is 1.44. The molecule has 3 aromatic carbocycles. The monoisotopic (exact) mass is 602 g/mol. The molecule has 0 radical (unpaired) electrons. The number of ether oxygens (including phenoxy) is 1. The number of aromatic nitrogens is 2. The van der Waals surface area contributed by atoms with E-state index in [9.17, 15) is 36.7 Å². The minimum absolute atomic E-state index is 0.0408. The molecule has 1 aromatic heterocycles. The van der Waals surface area contributed by atoms with Gasteiger partial charge in [-0.2, -0.15) is 13.2 Å². The molecule has 1 saturated heterocycles. The highest BCUT2D eigenvalue weighted by molar-refractivity contribution is 8.23. The summed E-state index contributed by atoms with van der Waals surface area (Å²) in [4.78, 5) is 44.5. The smallest absolute Gasteiger partial charge is 0.441 e. The van der Waals surface area contributed by atoms with E-state index in [0.717, 1.165) is 0 Å². The largest absolute Gasteiger partial charge is 0.490 e. The second-order valence-electron chi connectivity index (χ2n) is 9.65. The number of nitrogens with zero attached hydrogens (tertiary/aromatic N) is 1. The van der Waals surface area contributed by atoms with E-state index >= 15 is 0 Å². The Labute approximate surface area is 238 Å². The van der Waals surface area contributed by atoms with Crippen molar-refractivity contribution in [1.29, 1.82) is 0 Å². The molecule has 4 aromatic rings. The van der Waals surface area contributed by atoms with Crippen LogP contribution in [0, 0.1) is 0 Å². The number of hydrogen-bond donors (Lipinski definition) is 5. The van der Waals surface area contributed by atoms with E-state index in [4.69, 9.17) is 0 Å². The van der Waals surface area contributed by atoms with Crippen LogP contribution in [0.2, 0.25) is 0 Å². The summed E-state index contributed by atoms with van der Waals surface area (Å²) in [7, 11) is -3.35. The van der Waals surface area contributed by atoms with Crippen LogP contribution in [0.5, 0.6) is 0 Å². The van der Waals surface area contributed by atoms with Gasteiger partial charge in [0.05, 0.1) is 23.5 Å². The summed E-state index contributed by atoms with van der Waals surface area (Å²) in [5, 5.41) is 1.86. The number of benzene rings is 3. The number of esters is 1. The minimum atomic E-state index is -5.31. The lowest BCUT2D eigenvalue weighted by atomic mass is 10.0. The van der Waals surface area contributed by atoms with Gasteiger partial charge in [-0.25, -0.2) is 9.78 Å². The second kappa shape index (κ2) is 11.5. The summed E-state index contributed by atoms with van der Waals surface area (Å²) >= 11 is 0. The molecule has 0 bridgehead atoms. The molecule has 1 fully saturated rings. The predicted molar refractivity (Wildman–Crippen MR) is 147 cm³/mol. The second-order valence-corrected chi connectivity index (χ2v) is 11.6. The molecule has 2 amide bonds. The van der Waals surface area contributed by atoms with Gasteiger partial charge in [0.1, 0.15) is 11.1 Å². The quantitative estimate of drug-likeness (QED) is 0.177. The highest BCUT2D eigenvalue weighted by Gasteiger charge is 2.44. The number of alkyl halides is 3. The first-order valence-electron chi connectivity index (χ1n) is 12.6. The fraction of sp³-hybridized carbons (Fsp3) is 0.214. The van der Waals surface area contributed by atoms with Crippen molar-refractivity contribution >= 4 is 39.6 Å². The van der Waals surface area contributed by atoms with Crippen LogP contribution < -0.4 is 10.0 Å². The first-order chi connectivity index (χ1) is 19.9. The Morgan fingerprint density at radius 1 is 1.02 bits per heavy atom. The number of H-pyrrole nitrogens is 1.